The molecule has 6 heteroatoms. The van der Waals surface area contributed by atoms with Crippen LogP contribution in [0.4, 0.5) is 13.2 Å². The summed E-state index contributed by atoms with van der Waals surface area (Å²) >= 11 is 0. The smallest absolute Gasteiger partial charge is 0.341 e. The van der Waals surface area contributed by atoms with Crippen LogP contribution in [0.15, 0.2) is 6.07 Å². The molecule has 0 saturated heterocycles. The predicted molar refractivity (Wildman–Crippen MR) is 49.8 cm³/mol. The molecule has 0 aliphatic carbocycles. The van der Waals surface area contributed by atoms with Crippen LogP contribution in [-0.2, 0) is 4.74 Å². The molecule has 0 bridgehead atoms. The lowest BCUT2D eigenvalue weighted by molar-refractivity contribution is 0.0519. The second-order valence-corrected chi connectivity index (χ2v) is 3.03. The van der Waals surface area contributed by atoms with E-state index < -0.39 is 29.5 Å². The van der Waals surface area contributed by atoms with Crippen molar-refractivity contribution in [1.82, 2.24) is 4.98 Å². The van der Waals surface area contributed by atoms with E-state index in [2.05, 4.69) is 9.72 Å². The summed E-state index contributed by atoms with van der Waals surface area (Å²) < 4.78 is 42.7. The van der Waals surface area contributed by atoms with Crippen LogP contribution >= 0.6 is 0 Å². The summed E-state index contributed by atoms with van der Waals surface area (Å²) in [4.78, 5) is 14.6. The largest absolute Gasteiger partial charge is 0.462 e. The summed E-state index contributed by atoms with van der Waals surface area (Å²) in [5, 5.41) is 0. The molecule has 0 N–H and O–H groups in total. The van der Waals surface area contributed by atoms with Crippen molar-refractivity contribution in [3.8, 4) is 0 Å². The highest BCUT2D eigenvalue weighted by atomic mass is 19.3. The summed E-state index contributed by atoms with van der Waals surface area (Å²) in [7, 11) is 0. The number of pyridine rings is 1. The van der Waals surface area contributed by atoms with Crippen molar-refractivity contribution in [1.29, 1.82) is 0 Å². The molecule has 0 saturated carbocycles. The third-order valence-electron chi connectivity index (χ3n) is 1.81. The molecule has 16 heavy (non-hydrogen) atoms. The molecular formula is C10H10F3NO2. The number of esters is 1. The van der Waals surface area contributed by atoms with Gasteiger partial charge in [-0.15, -0.1) is 0 Å². The van der Waals surface area contributed by atoms with E-state index in [1.807, 2.05) is 0 Å². The first-order valence-corrected chi connectivity index (χ1v) is 4.59. The van der Waals surface area contributed by atoms with Crippen molar-refractivity contribution in [2.75, 3.05) is 6.61 Å². The van der Waals surface area contributed by atoms with E-state index in [4.69, 9.17) is 0 Å². The lowest BCUT2D eigenvalue weighted by Gasteiger charge is -2.08. The molecule has 0 aromatic carbocycles. The Morgan fingerprint density at radius 1 is 1.56 bits per heavy atom. The zero-order chi connectivity index (χ0) is 12.3. The number of rotatable bonds is 3. The number of carbonyl (C=O) groups excluding carboxylic acids is 1. The molecule has 1 aromatic rings. The topological polar surface area (TPSA) is 39.2 Å². The molecule has 3 nitrogen and oxygen atoms in total. The Hall–Kier alpha value is -1.59. The average Bonchev–Trinajstić information content (AvgIpc) is 2.20. The van der Waals surface area contributed by atoms with Crippen molar-refractivity contribution < 1.29 is 22.7 Å². The molecule has 0 unspecified atom stereocenters. The maximum atomic E-state index is 13.4. The van der Waals surface area contributed by atoms with Crippen LogP contribution in [0, 0.1) is 12.7 Å². The van der Waals surface area contributed by atoms with Gasteiger partial charge in [0.1, 0.15) is 5.69 Å². The Bertz CT molecular complexity index is 407. The lowest BCUT2D eigenvalue weighted by atomic mass is 10.2. The Morgan fingerprint density at radius 2 is 2.19 bits per heavy atom. The van der Waals surface area contributed by atoms with Crippen molar-refractivity contribution >= 4 is 5.97 Å². The molecular weight excluding hydrogens is 223 g/mol. The van der Waals surface area contributed by atoms with E-state index >= 15 is 0 Å². The summed E-state index contributed by atoms with van der Waals surface area (Å²) in [5.74, 6) is -2.29. The molecule has 1 heterocycles. The maximum absolute atomic E-state index is 13.4. The van der Waals surface area contributed by atoms with E-state index in [-0.39, 0.29) is 12.3 Å². The van der Waals surface area contributed by atoms with E-state index in [1.54, 1.807) is 0 Å². The number of aryl methyl sites for hydroxylation is 1. The normalized spacial score (nSPS) is 10.6. The Labute approximate surface area is 90.2 Å². The van der Waals surface area contributed by atoms with Crippen molar-refractivity contribution in [2.24, 2.45) is 0 Å². The van der Waals surface area contributed by atoms with Gasteiger partial charge < -0.3 is 4.74 Å². The van der Waals surface area contributed by atoms with Gasteiger partial charge in [-0.1, -0.05) is 0 Å². The van der Waals surface area contributed by atoms with Crippen molar-refractivity contribution in [3.05, 3.63) is 28.8 Å². The minimum atomic E-state index is -3.06. The Balaban J connectivity index is 3.24. The van der Waals surface area contributed by atoms with Gasteiger partial charge in [-0.2, -0.15) is 0 Å². The molecule has 0 aliphatic rings. The van der Waals surface area contributed by atoms with Crippen LogP contribution in [-0.4, -0.2) is 17.6 Å². The molecule has 0 amide bonds. The lowest BCUT2D eigenvalue weighted by Crippen LogP contribution is -2.11. The van der Waals surface area contributed by atoms with E-state index in [1.165, 1.54) is 13.8 Å². The summed E-state index contributed by atoms with van der Waals surface area (Å²) in [6.45, 7) is 2.98. The van der Waals surface area contributed by atoms with Crippen LogP contribution in [0.3, 0.4) is 0 Å². The molecule has 1 aromatic heterocycles. The monoisotopic (exact) mass is 233 g/mol. The highest BCUT2D eigenvalue weighted by molar-refractivity contribution is 5.90. The maximum Gasteiger partial charge on any atom is 0.341 e. The van der Waals surface area contributed by atoms with E-state index in [0.29, 0.717) is 0 Å². The van der Waals surface area contributed by atoms with Crippen molar-refractivity contribution in [2.45, 2.75) is 20.3 Å². The summed E-state index contributed by atoms with van der Waals surface area (Å²) in [6, 6.07) is 1.08. The van der Waals surface area contributed by atoms with Gasteiger partial charge in [-0.25, -0.2) is 22.9 Å². The van der Waals surface area contributed by atoms with Gasteiger partial charge in [0.15, 0.2) is 5.82 Å². The first-order chi connectivity index (χ1) is 7.47. The zero-order valence-electron chi connectivity index (χ0n) is 8.76. The summed E-state index contributed by atoms with van der Waals surface area (Å²) in [5.41, 5.74) is -1.40. The molecule has 0 spiro atoms. The first-order valence-electron chi connectivity index (χ1n) is 4.59. The Kier molecular flexibility index (Phi) is 3.87. The third-order valence-corrected chi connectivity index (χ3v) is 1.81. The van der Waals surface area contributed by atoms with Crippen LogP contribution in [0.5, 0.6) is 0 Å². The van der Waals surface area contributed by atoms with E-state index in [0.717, 1.165) is 6.07 Å². The molecule has 88 valence electrons. The highest BCUT2D eigenvalue weighted by Crippen LogP contribution is 2.23. The van der Waals surface area contributed by atoms with Gasteiger partial charge in [0.05, 0.1) is 12.2 Å². The first kappa shape index (κ1) is 12.5. The SMILES string of the molecule is CCOC(=O)c1cc(C)nc(C(F)F)c1F. The van der Waals surface area contributed by atoms with Gasteiger partial charge in [0.25, 0.3) is 6.43 Å². The fraction of sp³-hybridized carbons (Fsp3) is 0.400. The van der Waals surface area contributed by atoms with Gasteiger partial charge >= 0.3 is 5.97 Å². The average molecular weight is 233 g/mol. The number of hydrogen-bond donors (Lipinski definition) is 0. The number of ether oxygens (including phenoxy) is 1. The van der Waals surface area contributed by atoms with E-state index in [9.17, 15) is 18.0 Å². The van der Waals surface area contributed by atoms with Gasteiger partial charge in [-0.3, -0.25) is 0 Å². The third kappa shape index (κ3) is 2.50. The number of alkyl halides is 2. The number of nitrogens with zero attached hydrogens (tertiary/aromatic N) is 1. The molecule has 0 radical (unpaired) electrons. The molecule has 0 fully saturated rings. The predicted octanol–water partition coefficient (Wildman–Crippen LogP) is 2.64. The summed E-state index contributed by atoms with van der Waals surface area (Å²) in [6.07, 6.45) is -3.06. The minimum absolute atomic E-state index is 0.0453. The van der Waals surface area contributed by atoms with Crippen LogP contribution in [0.1, 0.15) is 35.1 Å². The number of aromatic nitrogens is 1. The quantitative estimate of drug-likeness (QED) is 0.753. The second-order valence-electron chi connectivity index (χ2n) is 3.03. The highest BCUT2D eigenvalue weighted by Gasteiger charge is 2.23. The molecule has 0 atom stereocenters. The standard InChI is InChI=1S/C10H10F3NO2/c1-3-16-10(15)6-4-5(2)14-8(7(6)11)9(12)13/h4,9H,3H2,1-2H3. The van der Waals surface area contributed by atoms with Crippen LogP contribution in [0.2, 0.25) is 0 Å². The second kappa shape index (κ2) is 4.96. The van der Waals surface area contributed by atoms with Crippen LogP contribution < -0.4 is 0 Å². The molecule has 1 rings (SSSR count). The number of halogens is 3. The van der Waals surface area contributed by atoms with Crippen molar-refractivity contribution in [3.63, 3.8) is 0 Å². The van der Waals surface area contributed by atoms with Gasteiger partial charge in [0, 0.05) is 5.69 Å². The fourth-order valence-corrected chi connectivity index (χ4v) is 1.18. The Morgan fingerprint density at radius 3 is 2.69 bits per heavy atom. The minimum Gasteiger partial charge on any atom is -0.462 e. The number of hydrogen-bond acceptors (Lipinski definition) is 3. The van der Waals surface area contributed by atoms with Crippen LogP contribution in [0.25, 0.3) is 0 Å². The van der Waals surface area contributed by atoms with Gasteiger partial charge in [-0.05, 0) is 19.9 Å². The van der Waals surface area contributed by atoms with Gasteiger partial charge in [0.2, 0.25) is 0 Å². The zero-order valence-corrected chi connectivity index (χ0v) is 8.76. The number of carbonyl (C=O) groups is 1. The fourth-order valence-electron chi connectivity index (χ4n) is 1.18. The molecule has 0 aliphatic heterocycles.